The molecule has 1 rings (SSSR count). The van der Waals surface area contributed by atoms with E-state index >= 15 is 0 Å². The van der Waals surface area contributed by atoms with Crippen LogP contribution in [0.1, 0.15) is 35.1 Å². The number of nitrogens with zero attached hydrogens (tertiary/aromatic N) is 2. The first kappa shape index (κ1) is 14.1. The van der Waals surface area contributed by atoms with E-state index in [2.05, 4.69) is 9.84 Å². The van der Waals surface area contributed by atoms with Crippen molar-refractivity contribution in [3.05, 3.63) is 17.0 Å². The zero-order valence-corrected chi connectivity index (χ0v) is 10.9. The third-order valence-corrected chi connectivity index (χ3v) is 2.61. The highest BCUT2D eigenvalue weighted by molar-refractivity contribution is 6.38. The number of esters is 1. The highest BCUT2D eigenvalue weighted by atomic mass is 16.5. The SMILES string of the molecule is CCOC(=O)C(=O)CC(=O)c1c(C)nn(C)c1C. The largest absolute Gasteiger partial charge is 0.460 e. The summed E-state index contributed by atoms with van der Waals surface area (Å²) in [4.78, 5) is 34.5. The fourth-order valence-electron chi connectivity index (χ4n) is 1.70. The molecule has 0 spiro atoms. The van der Waals surface area contributed by atoms with Crippen molar-refractivity contribution in [1.29, 1.82) is 0 Å². The Hall–Kier alpha value is -1.98. The summed E-state index contributed by atoms with van der Waals surface area (Å²) >= 11 is 0. The molecule has 0 saturated carbocycles. The number of Topliss-reactive ketones (excluding diaryl/α,β-unsaturated/α-hetero) is 2. The van der Waals surface area contributed by atoms with E-state index in [-0.39, 0.29) is 6.61 Å². The molecule has 0 N–H and O–H groups in total. The molecule has 0 amide bonds. The molecule has 98 valence electrons. The number of carbonyl (C=O) groups excluding carboxylic acids is 3. The molecule has 0 saturated heterocycles. The molecule has 0 unspecified atom stereocenters. The number of rotatable bonds is 5. The number of hydrogen-bond donors (Lipinski definition) is 0. The standard InChI is InChI=1S/C12H16N2O4/c1-5-18-12(17)10(16)6-9(15)11-7(2)13-14(4)8(11)3/h5-6H2,1-4H3. The second-order valence-electron chi connectivity index (χ2n) is 3.91. The molecule has 0 bridgehead atoms. The minimum atomic E-state index is -0.968. The topological polar surface area (TPSA) is 78.3 Å². The minimum Gasteiger partial charge on any atom is -0.460 e. The van der Waals surface area contributed by atoms with Gasteiger partial charge in [-0.15, -0.1) is 0 Å². The summed E-state index contributed by atoms with van der Waals surface area (Å²) in [5.41, 5.74) is 1.63. The Labute approximate surface area is 105 Å². The smallest absolute Gasteiger partial charge is 0.375 e. The average Bonchev–Trinajstić information content (AvgIpc) is 2.53. The second-order valence-corrected chi connectivity index (χ2v) is 3.91. The van der Waals surface area contributed by atoms with E-state index in [1.807, 2.05) is 0 Å². The molecular formula is C12H16N2O4. The van der Waals surface area contributed by atoms with Gasteiger partial charge >= 0.3 is 5.97 Å². The summed E-state index contributed by atoms with van der Waals surface area (Å²) in [5.74, 6) is -2.20. The molecule has 0 aliphatic rings. The van der Waals surface area contributed by atoms with Crippen LogP contribution >= 0.6 is 0 Å². The van der Waals surface area contributed by atoms with E-state index < -0.39 is 24.0 Å². The Kier molecular flexibility index (Phi) is 4.36. The van der Waals surface area contributed by atoms with Gasteiger partial charge in [-0.05, 0) is 20.8 Å². The minimum absolute atomic E-state index is 0.115. The Morgan fingerprint density at radius 3 is 2.33 bits per heavy atom. The van der Waals surface area contributed by atoms with E-state index in [1.165, 1.54) is 0 Å². The molecule has 6 heteroatoms. The average molecular weight is 252 g/mol. The van der Waals surface area contributed by atoms with E-state index in [4.69, 9.17) is 0 Å². The zero-order valence-electron chi connectivity index (χ0n) is 10.9. The fourth-order valence-corrected chi connectivity index (χ4v) is 1.70. The maximum atomic E-state index is 11.9. The first-order valence-electron chi connectivity index (χ1n) is 5.61. The van der Waals surface area contributed by atoms with Gasteiger partial charge in [0.05, 0.1) is 24.3 Å². The lowest BCUT2D eigenvalue weighted by Crippen LogP contribution is -2.21. The Balaban J connectivity index is 2.83. The van der Waals surface area contributed by atoms with Gasteiger partial charge in [0.1, 0.15) is 0 Å². The van der Waals surface area contributed by atoms with Crippen molar-refractivity contribution in [2.45, 2.75) is 27.2 Å². The molecule has 6 nitrogen and oxygen atoms in total. The Morgan fingerprint density at radius 2 is 1.89 bits per heavy atom. The Morgan fingerprint density at radius 1 is 1.28 bits per heavy atom. The number of ketones is 2. The van der Waals surface area contributed by atoms with E-state index in [1.54, 1.807) is 32.5 Å². The van der Waals surface area contributed by atoms with Crippen molar-refractivity contribution in [2.75, 3.05) is 6.61 Å². The lowest BCUT2D eigenvalue weighted by Gasteiger charge is -2.01. The second kappa shape index (κ2) is 5.57. The van der Waals surface area contributed by atoms with Gasteiger partial charge in [0.2, 0.25) is 5.78 Å². The van der Waals surface area contributed by atoms with E-state index in [0.29, 0.717) is 17.0 Å². The third kappa shape index (κ3) is 2.82. The molecule has 18 heavy (non-hydrogen) atoms. The summed E-state index contributed by atoms with van der Waals surface area (Å²) in [5, 5.41) is 4.09. The number of hydrogen-bond acceptors (Lipinski definition) is 5. The van der Waals surface area contributed by atoms with Crippen molar-refractivity contribution in [2.24, 2.45) is 7.05 Å². The lowest BCUT2D eigenvalue weighted by molar-refractivity contribution is -0.153. The Bertz CT molecular complexity index is 502. The van der Waals surface area contributed by atoms with Gasteiger partial charge in [-0.3, -0.25) is 14.3 Å². The van der Waals surface area contributed by atoms with Gasteiger partial charge < -0.3 is 4.74 Å². The van der Waals surface area contributed by atoms with Crippen LogP contribution in [0, 0.1) is 13.8 Å². The quantitative estimate of drug-likeness (QED) is 0.334. The van der Waals surface area contributed by atoms with Gasteiger partial charge in [0.15, 0.2) is 5.78 Å². The van der Waals surface area contributed by atoms with Gasteiger partial charge in [0, 0.05) is 12.7 Å². The zero-order chi connectivity index (χ0) is 13.9. The highest BCUT2D eigenvalue weighted by Gasteiger charge is 2.24. The monoisotopic (exact) mass is 252 g/mol. The molecule has 0 radical (unpaired) electrons. The van der Waals surface area contributed by atoms with E-state index in [9.17, 15) is 14.4 Å². The van der Waals surface area contributed by atoms with Crippen LogP contribution in [-0.4, -0.2) is 33.9 Å². The summed E-state index contributed by atoms with van der Waals surface area (Å²) in [7, 11) is 1.71. The van der Waals surface area contributed by atoms with Crippen LogP contribution < -0.4 is 0 Å². The fraction of sp³-hybridized carbons (Fsp3) is 0.500. The van der Waals surface area contributed by atoms with Gasteiger partial charge in [-0.25, -0.2) is 4.79 Å². The molecular weight excluding hydrogens is 236 g/mol. The normalized spacial score (nSPS) is 10.2. The van der Waals surface area contributed by atoms with Crippen molar-refractivity contribution < 1.29 is 19.1 Å². The third-order valence-electron chi connectivity index (χ3n) is 2.61. The van der Waals surface area contributed by atoms with Crippen molar-refractivity contribution in [3.8, 4) is 0 Å². The van der Waals surface area contributed by atoms with Gasteiger partial charge in [-0.2, -0.15) is 5.10 Å². The predicted octanol–water partition coefficient (Wildman–Crippen LogP) is 0.742. The van der Waals surface area contributed by atoms with Gasteiger partial charge in [0.25, 0.3) is 0 Å². The summed E-state index contributed by atoms with van der Waals surface area (Å²) in [6.07, 6.45) is -0.480. The first-order valence-corrected chi connectivity index (χ1v) is 5.61. The van der Waals surface area contributed by atoms with Crippen LogP contribution in [0.15, 0.2) is 0 Å². The number of aromatic nitrogens is 2. The van der Waals surface area contributed by atoms with Crippen molar-refractivity contribution in [3.63, 3.8) is 0 Å². The number of ether oxygens (including phenoxy) is 1. The number of carbonyl (C=O) groups is 3. The summed E-state index contributed by atoms with van der Waals surface area (Å²) < 4.78 is 6.11. The first-order chi connectivity index (χ1) is 8.38. The predicted molar refractivity (Wildman–Crippen MR) is 63.3 cm³/mol. The van der Waals surface area contributed by atoms with Crippen molar-refractivity contribution >= 4 is 17.5 Å². The number of aryl methyl sites for hydroxylation is 2. The molecule has 0 aromatic carbocycles. The van der Waals surface area contributed by atoms with Crippen LogP contribution in [0.5, 0.6) is 0 Å². The van der Waals surface area contributed by atoms with E-state index in [0.717, 1.165) is 0 Å². The highest BCUT2D eigenvalue weighted by Crippen LogP contribution is 2.14. The van der Waals surface area contributed by atoms with Crippen LogP contribution in [0.4, 0.5) is 0 Å². The molecule has 1 aromatic heterocycles. The van der Waals surface area contributed by atoms with Crippen LogP contribution in [-0.2, 0) is 21.4 Å². The maximum Gasteiger partial charge on any atom is 0.375 e. The molecule has 0 atom stereocenters. The summed E-state index contributed by atoms with van der Waals surface area (Å²) in [6, 6.07) is 0. The molecule has 1 aromatic rings. The van der Waals surface area contributed by atoms with Crippen LogP contribution in [0.3, 0.4) is 0 Å². The molecule has 1 heterocycles. The van der Waals surface area contributed by atoms with Crippen molar-refractivity contribution in [1.82, 2.24) is 9.78 Å². The van der Waals surface area contributed by atoms with Crippen LogP contribution in [0.25, 0.3) is 0 Å². The molecule has 0 aliphatic heterocycles. The molecule has 0 aliphatic carbocycles. The van der Waals surface area contributed by atoms with Gasteiger partial charge in [-0.1, -0.05) is 0 Å². The van der Waals surface area contributed by atoms with Crippen LogP contribution in [0.2, 0.25) is 0 Å². The molecule has 0 fully saturated rings. The summed E-state index contributed by atoms with van der Waals surface area (Å²) in [6.45, 7) is 5.14. The lowest BCUT2D eigenvalue weighted by atomic mass is 10.0. The maximum absolute atomic E-state index is 11.9.